The molecule has 130 valence electrons. The Balaban J connectivity index is 1.50. The van der Waals surface area contributed by atoms with Crippen LogP contribution in [0.4, 0.5) is 0 Å². The molecule has 1 aliphatic heterocycles. The average molecular weight is 346 g/mol. The number of thioether (sulfide) groups is 1. The number of benzene rings is 1. The van der Waals surface area contributed by atoms with E-state index in [0.29, 0.717) is 6.10 Å². The molecule has 2 aliphatic rings. The van der Waals surface area contributed by atoms with Gasteiger partial charge in [0.15, 0.2) is 0 Å². The number of ether oxygens (including phenoxy) is 1. The molecule has 1 unspecified atom stereocenters. The molecule has 1 fully saturated rings. The highest BCUT2D eigenvalue weighted by Gasteiger charge is 2.17. The van der Waals surface area contributed by atoms with E-state index in [2.05, 4.69) is 11.4 Å². The molecular formula is C20H27NO2S. The van der Waals surface area contributed by atoms with Gasteiger partial charge in [-0.1, -0.05) is 23.8 Å². The Morgan fingerprint density at radius 3 is 2.96 bits per heavy atom. The van der Waals surface area contributed by atoms with E-state index in [1.54, 1.807) is 11.8 Å². The maximum absolute atomic E-state index is 12.5. The molecule has 24 heavy (non-hydrogen) atoms. The van der Waals surface area contributed by atoms with E-state index in [9.17, 15) is 4.79 Å². The summed E-state index contributed by atoms with van der Waals surface area (Å²) in [6.45, 7) is 1.61. The third-order valence-corrected chi connectivity index (χ3v) is 5.90. The van der Waals surface area contributed by atoms with Crippen molar-refractivity contribution in [3.63, 3.8) is 0 Å². The number of hydrogen-bond acceptors (Lipinski definition) is 3. The van der Waals surface area contributed by atoms with Gasteiger partial charge in [0.05, 0.1) is 11.7 Å². The van der Waals surface area contributed by atoms with Crippen LogP contribution in [-0.2, 0) is 4.74 Å². The van der Waals surface area contributed by atoms with Gasteiger partial charge in [-0.2, -0.15) is 0 Å². The van der Waals surface area contributed by atoms with Crippen molar-refractivity contribution in [1.29, 1.82) is 0 Å². The molecule has 0 spiro atoms. The van der Waals surface area contributed by atoms with E-state index in [4.69, 9.17) is 4.74 Å². The average Bonchev–Trinajstić information content (AvgIpc) is 3.14. The fraction of sp³-hybridized carbons (Fsp3) is 0.550. The van der Waals surface area contributed by atoms with E-state index in [-0.39, 0.29) is 5.91 Å². The van der Waals surface area contributed by atoms with Crippen LogP contribution in [0.25, 0.3) is 0 Å². The number of carbonyl (C=O) groups is 1. The lowest BCUT2D eigenvalue weighted by Gasteiger charge is -2.14. The summed E-state index contributed by atoms with van der Waals surface area (Å²) < 4.78 is 5.68. The van der Waals surface area contributed by atoms with Crippen LogP contribution in [0.15, 0.2) is 40.8 Å². The van der Waals surface area contributed by atoms with Crippen molar-refractivity contribution < 1.29 is 9.53 Å². The Kier molecular flexibility index (Phi) is 6.79. The van der Waals surface area contributed by atoms with Gasteiger partial charge < -0.3 is 10.1 Å². The van der Waals surface area contributed by atoms with Crippen LogP contribution in [0, 0.1) is 0 Å². The van der Waals surface area contributed by atoms with Gasteiger partial charge in [0.2, 0.25) is 0 Å². The fourth-order valence-corrected chi connectivity index (χ4v) is 4.42. The van der Waals surface area contributed by atoms with Gasteiger partial charge in [-0.25, -0.2) is 0 Å². The molecule has 3 nitrogen and oxygen atoms in total. The lowest BCUT2D eigenvalue weighted by Crippen LogP contribution is -2.25. The molecule has 0 bridgehead atoms. The first-order valence-electron chi connectivity index (χ1n) is 9.12. The largest absolute Gasteiger partial charge is 0.377 e. The predicted molar refractivity (Wildman–Crippen MR) is 99.6 cm³/mol. The molecule has 1 saturated heterocycles. The van der Waals surface area contributed by atoms with E-state index in [0.717, 1.165) is 48.6 Å². The Morgan fingerprint density at radius 2 is 2.17 bits per heavy atom. The highest BCUT2D eigenvalue weighted by molar-refractivity contribution is 7.99. The van der Waals surface area contributed by atoms with Gasteiger partial charge in [-0.3, -0.25) is 4.79 Å². The number of carbonyl (C=O) groups excluding carboxylic acids is 1. The van der Waals surface area contributed by atoms with E-state index in [1.807, 2.05) is 24.3 Å². The zero-order chi connectivity index (χ0) is 16.6. The molecule has 1 amide bonds. The molecule has 1 N–H and O–H groups in total. The van der Waals surface area contributed by atoms with Gasteiger partial charge in [-0.15, -0.1) is 11.8 Å². The number of amides is 1. The smallest absolute Gasteiger partial charge is 0.252 e. The lowest BCUT2D eigenvalue weighted by molar-refractivity contribution is 0.0951. The quantitative estimate of drug-likeness (QED) is 0.581. The van der Waals surface area contributed by atoms with Crippen LogP contribution in [0.5, 0.6) is 0 Å². The molecule has 4 heteroatoms. The molecule has 0 aromatic heterocycles. The first-order chi connectivity index (χ1) is 11.8. The topological polar surface area (TPSA) is 38.3 Å². The van der Waals surface area contributed by atoms with Crippen LogP contribution in [-0.4, -0.2) is 30.9 Å². The molecule has 0 saturated carbocycles. The normalized spacial score (nSPS) is 20.7. The van der Waals surface area contributed by atoms with Gasteiger partial charge in [-0.05, 0) is 57.1 Å². The second-order valence-electron chi connectivity index (χ2n) is 6.56. The molecule has 1 aromatic carbocycles. The van der Waals surface area contributed by atoms with Crippen molar-refractivity contribution in [2.45, 2.75) is 55.9 Å². The Morgan fingerprint density at radius 1 is 1.25 bits per heavy atom. The monoisotopic (exact) mass is 345 g/mol. The zero-order valence-electron chi connectivity index (χ0n) is 14.3. The number of nitrogens with one attached hydrogen (secondary N) is 1. The van der Waals surface area contributed by atoms with Crippen molar-refractivity contribution in [3.05, 3.63) is 41.5 Å². The first-order valence-corrected chi connectivity index (χ1v) is 10.1. The highest BCUT2D eigenvalue weighted by Crippen LogP contribution is 2.27. The van der Waals surface area contributed by atoms with Crippen molar-refractivity contribution in [2.75, 3.05) is 18.9 Å². The molecule has 1 aliphatic carbocycles. The van der Waals surface area contributed by atoms with Gasteiger partial charge >= 0.3 is 0 Å². The van der Waals surface area contributed by atoms with E-state index >= 15 is 0 Å². The number of allylic oxidation sites excluding steroid dienone is 1. The fourth-order valence-electron chi connectivity index (χ4n) is 3.30. The number of rotatable bonds is 7. The summed E-state index contributed by atoms with van der Waals surface area (Å²) in [7, 11) is 0. The van der Waals surface area contributed by atoms with Gasteiger partial charge in [0.25, 0.3) is 5.91 Å². The second kappa shape index (κ2) is 9.28. The lowest BCUT2D eigenvalue weighted by atomic mass is 9.97. The molecule has 3 rings (SSSR count). The molecule has 1 aromatic rings. The third-order valence-electron chi connectivity index (χ3n) is 4.70. The van der Waals surface area contributed by atoms with Gasteiger partial charge in [0.1, 0.15) is 0 Å². The zero-order valence-corrected chi connectivity index (χ0v) is 15.1. The van der Waals surface area contributed by atoms with Crippen molar-refractivity contribution >= 4 is 17.7 Å². The Bertz CT molecular complexity index is 579. The molecular weight excluding hydrogens is 318 g/mol. The SMILES string of the molecule is O=C(NCCC1=CCCCC1)c1ccccc1SCC1CCCO1. The van der Waals surface area contributed by atoms with Gasteiger partial charge in [0, 0.05) is 23.8 Å². The van der Waals surface area contributed by atoms with Crippen LogP contribution >= 0.6 is 11.8 Å². The van der Waals surface area contributed by atoms with Crippen molar-refractivity contribution in [2.24, 2.45) is 0 Å². The minimum atomic E-state index is 0.0434. The molecule has 1 atom stereocenters. The minimum Gasteiger partial charge on any atom is -0.377 e. The summed E-state index contributed by atoms with van der Waals surface area (Å²) in [5.41, 5.74) is 2.29. The Hall–Kier alpha value is -1.26. The minimum absolute atomic E-state index is 0.0434. The van der Waals surface area contributed by atoms with Crippen LogP contribution in [0.3, 0.4) is 0 Å². The van der Waals surface area contributed by atoms with Crippen molar-refractivity contribution in [1.82, 2.24) is 5.32 Å². The molecule has 0 radical (unpaired) electrons. The number of hydrogen-bond donors (Lipinski definition) is 1. The highest BCUT2D eigenvalue weighted by atomic mass is 32.2. The van der Waals surface area contributed by atoms with E-state index in [1.165, 1.54) is 31.3 Å². The maximum atomic E-state index is 12.5. The summed E-state index contributed by atoms with van der Waals surface area (Å²) in [6, 6.07) is 7.90. The Labute approximate surface area is 149 Å². The first kappa shape index (κ1) is 17.6. The van der Waals surface area contributed by atoms with Crippen molar-refractivity contribution in [3.8, 4) is 0 Å². The van der Waals surface area contributed by atoms with E-state index < -0.39 is 0 Å². The summed E-state index contributed by atoms with van der Waals surface area (Å²) in [6.07, 6.45) is 11.0. The summed E-state index contributed by atoms with van der Waals surface area (Å²) >= 11 is 1.74. The van der Waals surface area contributed by atoms with Crippen LogP contribution in [0.1, 0.15) is 55.3 Å². The standard InChI is InChI=1S/C20H27NO2S/c22-20(21-13-12-16-7-2-1-3-8-16)18-10-4-5-11-19(18)24-15-17-9-6-14-23-17/h4-5,7,10-11,17H,1-3,6,8-9,12-15H2,(H,21,22). The second-order valence-corrected chi connectivity index (χ2v) is 7.62. The summed E-state index contributed by atoms with van der Waals surface area (Å²) in [4.78, 5) is 13.6. The third kappa shape index (κ3) is 5.12. The predicted octanol–water partition coefficient (Wildman–Crippen LogP) is 4.58. The van der Waals surface area contributed by atoms with Crippen LogP contribution in [0.2, 0.25) is 0 Å². The maximum Gasteiger partial charge on any atom is 0.252 e. The summed E-state index contributed by atoms with van der Waals surface area (Å²) in [5, 5.41) is 3.09. The molecule has 1 heterocycles. The van der Waals surface area contributed by atoms with Crippen LogP contribution < -0.4 is 5.32 Å². The summed E-state index contributed by atoms with van der Waals surface area (Å²) in [5.74, 6) is 0.971.